The van der Waals surface area contributed by atoms with Gasteiger partial charge in [-0.25, -0.2) is 4.79 Å². The summed E-state index contributed by atoms with van der Waals surface area (Å²) in [6.45, 7) is 0. The maximum atomic E-state index is 12.3. The van der Waals surface area contributed by atoms with Gasteiger partial charge in [-0.1, -0.05) is 42.5 Å². The highest BCUT2D eigenvalue weighted by atomic mass is 79.9. The number of aliphatic carboxylic acids is 1. The zero-order valence-corrected chi connectivity index (χ0v) is 16.2. The van der Waals surface area contributed by atoms with Gasteiger partial charge in [-0.15, -0.1) is 0 Å². The third-order valence-electron chi connectivity index (χ3n) is 3.75. The summed E-state index contributed by atoms with van der Waals surface area (Å²) < 4.78 is 6.63. The Morgan fingerprint density at radius 3 is 2.36 bits per heavy atom. The van der Waals surface area contributed by atoms with E-state index < -0.39 is 11.9 Å². The number of para-hydroxylation sites is 1. The van der Waals surface area contributed by atoms with Gasteiger partial charge in [0.1, 0.15) is 17.2 Å². The molecule has 6 heteroatoms. The molecule has 0 heterocycles. The fourth-order valence-electron chi connectivity index (χ4n) is 2.42. The molecule has 0 aliphatic rings. The van der Waals surface area contributed by atoms with Gasteiger partial charge in [0.05, 0.1) is 4.47 Å². The third-order valence-corrected chi connectivity index (χ3v) is 4.40. The minimum atomic E-state index is -1.23. The normalized spacial score (nSPS) is 11.0. The van der Waals surface area contributed by atoms with Crippen LogP contribution in [0.2, 0.25) is 0 Å². The highest BCUT2D eigenvalue weighted by molar-refractivity contribution is 9.10. The lowest BCUT2D eigenvalue weighted by molar-refractivity contribution is -0.132. The molecule has 3 aromatic rings. The van der Waals surface area contributed by atoms with Crippen LogP contribution >= 0.6 is 15.9 Å². The van der Waals surface area contributed by atoms with E-state index in [1.807, 2.05) is 24.3 Å². The predicted octanol–water partition coefficient (Wildman–Crippen LogP) is 5.10. The molecule has 5 nitrogen and oxygen atoms in total. The molecular formula is C22H16BrNO4. The molecule has 0 spiro atoms. The van der Waals surface area contributed by atoms with Gasteiger partial charge in [0.15, 0.2) is 0 Å². The number of carboxylic acids is 1. The van der Waals surface area contributed by atoms with Crippen LogP contribution in [0.15, 0.2) is 89.0 Å². The van der Waals surface area contributed by atoms with Gasteiger partial charge < -0.3 is 15.2 Å². The predicted molar refractivity (Wildman–Crippen MR) is 110 cm³/mol. The first kappa shape index (κ1) is 19.4. The molecule has 1 amide bonds. The van der Waals surface area contributed by atoms with E-state index in [1.165, 1.54) is 6.08 Å². The molecule has 0 saturated carbocycles. The minimum Gasteiger partial charge on any atom is -0.477 e. The maximum Gasteiger partial charge on any atom is 0.352 e. The molecule has 2 N–H and O–H groups in total. The number of rotatable bonds is 6. The third kappa shape index (κ3) is 5.08. The Morgan fingerprint density at radius 2 is 1.64 bits per heavy atom. The van der Waals surface area contributed by atoms with Crippen molar-refractivity contribution in [1.29, 1.82) is 0 Å². The largest absolute Gasteiger partial charge is 0.477 e. The second-order valence-electron chi connectivity index (χ2n) is 5.79. The summed E-state index contributed by atoms with van der Waals surface area (Å²) in [7, 11) is 0. The van der Waals surface area contributed by atoms with E-state index in [0.717, 1.165) is 4.47 Å². The Kier molecular flexibility index (Phi) is 6.24. The molecule has 3 rings (SSSR count). The second kappa shape index (κ2) is 9.01. The number of carbonyl (C=O) groups is 2. The van der Waals surface area contributed by atoms with Crippen molar-refractivity contribution in [2.75, 3.05) is 0 Å². The molecule has 0 radical (unpaired) electrons. The summed E-state index contributed by atoms with van der Waals surface area (Å²) in [6, 6.07) is 22.8. The fourth-order valence-corrected chi connectivity index (χ4v) is 2.79. The molecule has 3 aromatic carbocycles. The average Bonchev–Trinajstić information content (AvgIpc) is 2.70. The second-order valence-corrected chi connectivity index (χ2v) is 6.64. The number of hydrogen-bond acceptors (Lipinski definition) is 3. The van der Waals surface area contributed by atoms with E-state index >= 15 is 0 Å². The van der Waals surface area contributed by atoms with Gasteiger partial charge in [0, 0.05) is 5.56 Å². The quantitative estimate of drug-likeness (QED) is 0.526. The number of nitrogens with one attached hydrogen (secondary N) is 1. The maximum absolute atomic E-state index is 12.3. The number of halogens is 1. The Bertz CT molecular complexity index is 1030. The Hall–Kier alpha value is -3.38. The van der Waals surface area contributed by atoms with Gasteiger partial charge in [-0.05, 0) is 64.0 Å². The first-order valence-electron chi connectivity index (χ1n) is 8.37. The molecule has 0 atom stereocenters. The molecule has 0 aliphatic carbocycles. The van der Waals surface area contributed by atoms with Gasteiger partial charge in [-0.3, -0.25) is 4.79 Å². The number of hydrogen-bond donors (Lipinski definition) is 2. The molecule has 0 fully saturated rings. The van der Waals surface area contributed by atoms with Crippen molar-refractivity contribution >= 4 is 33.9 Å². The minimum absolute atomic E-state index is 0.230. The lowest BCUT2D eigenvalue weighted by atomic mass is 10.1. The van der Waals surface area contributed by atoms with Crippen molar-refractivity contribution in [2.24, 2.45) is 0 Å². The van der Waals surface area contributed by atoms with Crippen LogP contribution in [-0.2, 0) is 4.79 Å². The van der Waals surface area contributed by atoms with Gasteiger partial charge in [-0.2, -0.15) is 0 Å². The molecular weight excluding hydrogens is 422 g/mol. The molecule has 0 saturated heterocycles. The topological polar surface area (TPSA) is 75.6 Å². The number of benzene rings is 3. The average molecular weight is 438 g/mol. The molecule has 0 bridgehead atoms. The lowest BCUT2D eigenvalue weighted by Crippen LogP contribution is -2.27. The van der Waals surface area contributed by atoms with Crippen LogP contribution < -0.4 is 10.1 Å². The summed E-state index contributed by atoms with van der Waals surface area (Å²) in [5.74, 6) is -0.546. The number of carboxylic acid groups (broad SMARTS) is 1. The molecule has 0 aliphatic heterocycles. The van der Waals surface area contributed by atoms with Crippen molar-refractivity contribution in [3.05, 3.63) is 100 Å². The van der Waals surface area contributed by atoms with E-state index in [1.54, 1.807) is 54.6 Å². The van der Waals surface area contributed by atoms with Crippen LogP contribution in [0.25, 0.3) is 6.08 Å². The first-order chi connectivity index (χ1) is 13.5. The molecule has 140 valence electrons. The van der Waals surface area contributed by atoms with Gasteiger partial charge >= 0.3 is 5.97 Å². The zero-order chi connectivity index (χ0) is 19.9. The van der Waals surface area contributed by atoms with Crippen molar-refractivity contribution < 1.29 is 19.4 Å². The number of amides is 1. The molecule has 0 unspecified atom stereocenters. The summed E-state index contributed by atoms with van der Waals surface area (Å²) >= 11 is 3.42. The van der Waals surface area contributed by atoms with E-state index in [4.69, 9.17) is 4.74 Å². The van der Waals surface area contributed by atoms with Crippen LogP contribution in [-0.4, -0.2) is 17.0 Å². The number of carbonyl (C=O) groups excluding carboxylic acids is 1. The number of ether oxygens (including phenoxy) is 1. The van der Waals surface area contributed by atoms with E-state index in [9.17, 15) is 14.7 Å². The summed E-state index contributed by atoms with van der Waals surface area (Å²) in [4.78, 5) is 23.8. The fraction of sp³-hybridized carbons (Fsp3) is 0. The van der Waals surface area contributed by atoms with Crippen LogP contribution in [0, 0.1) is 0 Å². The highest BCUT2D eigenvalue weighted by Crippen LogP contribution is 2.29. The summed E-state index contributed by atoms with van der Waals surface area (Å²) in [5.41, 5.74) is 0.725. The van der Waals surface area contributed by atoms with Crippen molar-refractivity contribution in [3.63, 3.8) is 0 Å². The molecule has 0 aromatic heterocycles. The van der Waals surface area contributed by atoms with Crippen molar-refractivity contribution in [3.8, 4) is 11.5 Å². The first-order valence-corrected chi connectivity index (χ1v) is 9.16. The SMILES string of the molecule is O=C(O)/C(=C\c1cccc(Oc2ccccc2Br)c1)NC(=O)c1ccccc1. The monoisotopic (exact) mass is 437 g/mol. The van der Waals surface area contributed by atoms with E-state index in [2.05, 4.69) is 21.2 Å². The van der Waals surface area contributed by atoms with Crippen LogP contribution in [0.5, 0.6) is 11.5 Å². The summed E-state index contributed by atoms with van der Waals surface area (Å²) in [6.07, 6.45) is 1.38. The Labute approximate surface area is 170 Å². The smallest absolute Gasteiger partial charge is 0.352 e. The zero-order valence-electron chi connectivity index (χ0n) is 14.6. The summed E-state index contributed by atoms with van der Waals surface area (Å²) in [5, 5.41) is 11.9. The van der Waals surface area contributed by atoms with Gasteiger partial charge in [0.2, 0.25) is 0 Å². The Morgan fingerprint density at radius 1 is 0.929 bits per heavy atom. The Balaban J connectivity index is 1.82. The van der Waals surface area contributed by atoms with Crippen molar-refractivity contribution in [1.82, 2.24) is 5.32 Å². The lowest BCUT2D eigenvalue weighted by Gasteiger charge is -2.09. The van der Waals surface area contributed by atoms with Crippen LogP contribution in [0.3, 0.4) is 0 Å². The van der Waals surface area contributed by atoms with Gasteiger partial charge in [0.25, 0.3) is 5.91 Å². The van der Waals surface area contributed by atoms with Crippen molar-refractivity contribution in [2.45, 2.75) is 0 Å². The van der Waals surface area contributed by atoms with E-state index in [0.29, 0.717) is 22.6 Å². The van der Waals surface area contributed by atoms with E-state index in [-0.39, 0.29) is 5.70 Å². The molecule has 28 heavy (non-hydrogen) atoms. The van der Waals surface area contributed by atoms with Crippen LogP contribution in [0.4, 0.5) is 0 Å². The standard InChI is InChI=1S/C22H16BrNO4/c23-18-11-4-5-12-20(18)28-17-10-6-7-15(13-17)14-19(22(26)27)24-21(25)16-8-2-1-3-9-16/h1-14H,(H,24,25)(H,26,27)/b19-14+. The highest BCUT2D eigenvalue weighted by Gasteiger charge is 2.13. The van der Waals surface area contributed by atoms with Crippen LogP contribution in [0.1, 0.15) is 15.9 Å².